The van der Waals surface area contributed by atoms with Crippen molar-refractivity contribution in [3.05, 3.63) is 174 Å². The molecular weight excluding hydrogens is 1830 g/mol. The van der Waals surface area contributed by atoms with Crippen LogP contribution in [0.2, 0.25) is 0 Å². The van der Waals surface area contributed by atoms with Crippen molar-refractivity contribution in [3.63, 3.8) is 0 Å². The molecule has 0 radical (unpaired) electrons. The first-order chi connectivity index (χ1) is 66.6. The van der Waals surface area contributed by atoms with Crippen LogP contribution >= 0.6 is 11.8 Å². The number of nitrogen functional groups attached to an aromatic ring is 1. The molecule has 12 atom stereocenters. The van der Waals surface area contributed by atoms with E-state index in [1.807, 2.05) is 4.90 Å². The highest BCUT2D eigenvalue weighted by atomic mass is 32.2. The molecule has 1 aromatic heterocycles. The van der Waals surface area contributed by atoms with Crippen LogP contribution in [0.3, 0.4) is 0 Å². The highest BCUT2D eigenvalue weighted by molar-refractivity contribution is 8.00. The van der Waals surface area contributed by atoms with Crippen LogP contribution in [0, 0.1) is 23.2 Å². The summed E-state index contributed by atoms with van der Waals surface area (Å²) in [6.45, 7) is 8.04. The lowest BCUT2D eigenvalue weighted by molar-refractivity contribution is -0.152. The van der Waals surface area contributed by atoms with E-state index in [9.17, 15) is 72.9 Å². The second-order valence-corrected chi connectivity index (χ2v) is 36.5. The molecule has 0 spiro atoms. The number of hydrogen-bond acceptors (Lipinski definition) is 25. The number of aromatic nitrogens is 1. The Balaban J connectivity index is 1.12. The monoisotopic (exact) mass is 1960 g/mol. The number of carboxylic acids is 2. The van der Waals surface area contributed by atoms with E-state index in [1.54, 1.807) is 139 Å². The summed E-state index contributed by atoms with van der Waals surface area (Å²) in [6.07, 6.45) is -1.55. The number of guanidine groups is 1. The highest BCUT2D eigenvalue weighted by Crippen LogP contribution is 2.26. The largest absolute Gasteiger partial charge is 0.508 e. The molecule has 0 aliphatic carbocycles. The lowest BCUT2D eigenvalue weighted by Gasteiger charge is -2.38. The molecule has 6 aromatic rings. The van der Waals surface area contributed by atoms with Gasteiger partial charge in [-0.2, -0.15) is 0 Å². The number of rotatable bonds is 26. The van der Waals surface area contributed by atoms with Crippen LogP contribution in [-0.4, -0.2) is 305 Å². The molecular formula is C96H125N21O22S. The van der Waals surface area contributed by atoms with Crippen LogP contribution < -0.4 is 86.3 Å². The van der Waals surface area contributed by atoms with Gasteiger partial charge in [-0.1, -0.05) is 133 Å². The number of aromatic hydroxyl groups is 1. The summed E-state index contributed by atoms with van der Waals surface area (Å²) in [6, 6.07) is 17.5. The van der Waals surface area contributed by atoms with Gasteiger partial charge in [0.2, 0.25) is 88.6 Å². The van der Waals surface area contributed by atoms with Gasteiger partial charge in [0.1, 0.15) is 78.3 Å². The average Bonchev–Trinajstić information content (AvgIpc) is 0.802. The summed E-state index contributed by atoms with van der Waals surface area (Å²) in [5, 5.41) is 72.5. The molecule has 0 unspecified atom stereocenters. The second kappa shape index (κ2) is 53.3. The van der Waals surface area contributed by atoms with Crippen molar-refractivity contribution >= 4 is 124 Å². The number of fused-ring (bicyclic) bond motifs is 1. The molecule has 43 nitrogen and oxygen atoms in total. The number of nitrogens with two attached hydrogens (primary N) is 3. The number of aliphatic carboxylic acids is 1. The third-order valence-corrected chi connectivity index (χ3v) is 24.3. The molecule has 0 saturated carbocycles. The molecule has 15 amide bonds. The van der Waals surface area contributed by atoms with Gasteiger partial charge in [0.15, 0.2) is 5.96 Å². The number of pyridine rings is 1. The van der Waals surface area contributed by atoms with Gasteiger partial charge in [-0.25, -0.2) is 4.79 Å². The maximum absolute atomic E-state index is 15.7. The van der Waals surface area contributed by atoms with Crippen LogP contribution in [0.5, 0.6) is 5.75 Å². The number of nitrogens with one attached hydrogen (secondary N) is 14. The third kappa shape index (κ3) is 34.2. The number of likely N-dealkylation sites (N-methyl/N-ethyl adjacent to an activating group) is 1. The first kappa shape index (κ1) is 109. The fraction of sp³-hybridized carbons (Fsp3) is 0.448. The SMILES string of the molecule is CC(C)C[C@@H]1NC(=O)[C@H](Cc2ccc(O)cc2)NC(=O)[C@H](C(C)C)NC(=O)[C@@H]2COCCN2C(=O)[C@H](C(C)C)NC(=O)[C@@H](CCCNC(=N)N)NC(=O)[C@H](CC(=O)O)NC(=O)[C@H](Cc2ccccn2)NC(=O)CN(C)C(=O)[C@H](Cc2ccc(-c3ccc(N)cc3)cc2)NC(=O)[C@H](Cc2ccc(-c3ccc(C(=O)O)cc3)cc2)NC(=O)[C@H](CN2CCOCC2)NC(=O)CSC[C@@H](C(=O)NCC(N)=O)NC1=O. The lowest BCUT2D eigenvalue weighted by Crippen LogP contribution is -2.64. The van der Waals surface area contributed by atoms with Crippen LogP contribution in [-0.2, 0) is 112 Å². The first-order valence-corrected chi connectivity index (χ1v) is 47.1. The quantitative estimate of drug-likeness (QED) is 0.0127. The number of ether oxygens (including phenoxy) is 2. The van der Waals surface area contributed by atoms with Gasteiger partial charge in [0.25, 0.3) is 0 Å². The number of phenolic OH excluding ortho intramolecular Hbond substituents is 1. The van der Waals surface area contributed by atoms with Crippen LogP contribution in [0.25, 0.3) is 22.3 Å². The van der Waals surface area contributed by atoms with E-state index < -0.39 is 235 Å². The number of anilines is 1. The molecule has 140 heavy (non-hydrogen) atoms. The number of nitrogens with zero attached hydrogens (tertiary/aromatic N) is 4. The maximum Gasteiger partial charge on any atom is 0.335 e. The number of carbonyl (C=O) groups excluding carboxylic acids is 15. The summed E-state index contributed by atoms with van der Waals surface area (Å²) < 4.78 is 11.4. The molecule has 3 aliphatic heterocycles. The van der Waals surface area contributed by atoms with E-state index in [1.165, 1.54) is 55.7 Å². The first-order valence-electron chi connectivity index (χ1n) is 45.9. The standard InChI is InChI=1S/C96H125N21O22S/c1-53(2)41-68-85(126)112-75(83(124)103-47-77(98)119)51-140-52-79(121)105-74(48-116-35-38-138-39-36-116)90(131)108-69(42-56-13-19-59(20-14-56)61-23-25-63(26-24-61)95(136)137)87(128)111-73(44-57-15-21-60(22-16-57)62-27-29-64(97)30-28-62)93(134)115(7)49-78(120)104-71(45-65-11-8-9-33-101-65)88(129)109-72(46-80(122)123)89(130)106-67(12-10-34-102-96(99)100)84(125)114-82(55(5)6)94(135)117-37-40-139-50-76(117)91(132)113-81(54(3)4)92(133)110-70(86(127)107-68)43-58-17-31-66(118)32-18-58/h8-9,11,13-33,53-55,67-76,81-82,118H,10,12,34-52,97H2,1-7H3,(H2,98,119)(H,103,124)(H,104,120)(H,105,121)(H,106,130)(H,107,127)(H,108,131)(H,109,129)(H,110,133)(H,111,128)(H,112,126)(H,113,132)(H,114,125)(H,122,123)(H,136,137)(H4,99,100,102)/t67-,68+,69+,70+,71+,72+,73+,74+,75+,76+,81+,82+/m1/s1. The number of morpholine rings is 2. The van der Waals surface area contributed by atoms with Gasteiger partial charge in [0.05, 0.1) is 57.3 Å². The van der Waals surface area contributed by atoms with Crippen molar-refractivity contribution in [3.8, 4) is 28.0 Å². The number of phenols is 1. The predicted octanol–water partition coefficient (Wildman–Crippen LogP) is -1.53. The Morgan fingerprint density at radius 2 is 1.00 bits per heavy atom. The van der Waals surface area contributed by atoms with Crippen molar-refractivity contribution in [2.45, 2.75) is 165 Å². The van der Waals surface area contributed by atoms with Gasteiger partial charge < -0.3 is 121 Å². The van der Waals surface area contributed by atoms with Gasteiger partial charge in [0, 0.05) is 88.8 Å². The molecule has 4 heterocycles. The smallest absolute Gasteiger partial charge is 0.335 e. The Bertz CT molecular complexity index is 5350. The topological polar surface area (TPSA) is 650 Å². The van der Waals surface area contributed by atoms with E-state index in [2.05, 4.69) is 74.1 Å². The van der Waals surface area contributed by atoms with Gasteiger partial charge in [-0.3, -0.25) is 92.0 Å². The molecule has 5 aromatic carbocycles. The number of thioether (sulfide) groups is 1. The van der Waals surface area contributed by atoms with E-state index in [-0.39, 0.29) is 114 Å². The molecule has 3 aliphatic rings. The Labute approximate surface area is 813 Å². The minimum absolute atomic E-state index is 0.0301. The Morgan fingerprint density at radius 3 is 1.55 bits per heavy atom. The van der Waals surface area contributed by atoms with Crippen molar-refractivity contribution in [1.82, 2.24) is 88.8 Å². The van der Waals surface area contributed by atoms with Crippen LogP contribution in [0.15, 0.2) is 146 Å². The van der Waals surface area contributed by atoms with Gasteiger partial charge in [-0.15, -0.1) is 11.8 Å². The molecule has 3 fully saturated rings. The molecule has 752 valence electrons. The summed E-state index contributed by atoms with van der Waals surface area (Å²) in [5.41, 5.74) is 21.8. The number of carboxylic acid groups (broad SMARTS) is 2. The molecule has 0 bridgehead atoms. The van der Waals surface area contributed by atoms with E-state index in [0.29, 0.717) is 33.5 Å². The summed E-state index contributed by atoms with van der Waals surface area (Å²) in [5.74, 6) is -21.0. The van der Waals surface area contributed by atoms with Gasteiger partial charge in [-0.05, 0) is 124 Å². The summed E-state index contributed by atoms with van der Waals surface area (Å²) >= 11 is 0.793. The zero-order valence-corrected chi connectivity index (χ0v) is 79.7. The lowest BCUT2D eigenvalue weighted by atomic mass is 9.98. The molecule has 3 saturated heterocycles. The highest BCUT2D eigenvalue weighted by Gasteiger charge is 2.43. The molecule has 23 N–H and O–H groups in total. The maximum atomic E-state index is 15.7. The van der Waals surface area contributed by atoms with Crippen LogP contribution in [0.4, 0.5) is 5.69 Å². The number of primary amides is 1. The van der Waals surface area contributed by atoms with Gasteiger partial charge >= 0.3 is 11.9 Å². The van der Waals surface area contributed by atoms with Crippen molar-refractivity contribution in [2.24, 2.45) is 29.2 Å². The zero-order valence-electron chi connectivity index (χ0n) is 78.9. The fourth-order valence-corrected chi connectivity index (χ4v) is 16.5. The zero-order chi connectivity index (χ0) is 102. The molecule has 44 heteroatoms. The second-order valence-electron chi connectivity index (χ2n) is 35.5. The third-order valence-electron chi connectivity index (χ3n) is 23.2. The number of amides is 15. The van der Waals surface area contributed by atoms with E-state index >= 15 is 24.0 Å². The summed E-state index contributed by atoms with van der Waals surface area (Å²) in [4.78, 5) is 255. The fourth-order valence-electron chi connectivity index (χ4n) is 15.7. The predicted molar refractivity (Wildman–Crippen MR) is 515 cm³/mol. The number of benzene rings is 5. The minimum Gasteiger partial charge on any atom is -0.508 e. The number of hydrogen-bond donors (Lipinski definition) is 20. The minimum atomic E-state index is -2.04. The summed E-state index contributed by atoms with van der Waals surface area (Å²) in [7, 11) is 1.23. The van der Waals surface area contributed by atoms with Crippen LogP contribution in [0.1, 0.15) is 100.0 Å². The number of aromatic carboxylic acids is 1. The molecule has 9 rings (SSSR count). The van der Waals surface area contributed by atoms with Crippen molar-refractivity contribution in [1.29, 1.82) is 5.41 Å². The Kier molecular flexibility index (Phi) is 41.5. The Hall–Kier alpha value is -14.7. The van der Waals surface area contributed by atoms with E-state index in [0.717, 1.165) is 32.7 Å². The van der Waals surface area contributed by atoms with E-state index in [4.69, 9.17) is 32.1 Å². The van der Waals surface area contributed by atoms with Crippen molar-refractivity contribution < 1.29 is 106 Å². The van der Waals surface area contributed by atoms with Crippen molar-refractivity contribution in [2.75, 3.05) is 96.5 Å². The number of carbonyl (C=O) groups is 17. The normalized spacial score (nSPS) is 22.6. The average molecular weight is 1960 g/mol. The Morgan fingerprint density at radius 1 is 0.514 bits per heavy atom.